The van der Waals surface area contributed by atoms with Gasteiger partial charge >= 0.3 is 6.18 Å². The number of hydrogen-bond acceptors (Lipinski definition) is 4. The van der Waals surface area contributed by atoms with Gasteiger partial charge in [-0.1, -0.05) is 42.8 Å². The predicted octanol–water partition coefficient (Wildman–Crippen LogP) is 6.75. The topological polar surface area (TPSA) is 60.9 Å². The molecule has 242 valence electrons. The number of amides is 1. The van der Waals surface area contributed by atoms with Crippen molar-refractivity contribution in [3.63, 3.8) is 0 Å². The van der Waals surface area contributed by atoms with Gasteiger partial charge in [-0.3, -0.25) is 9.69 Å². The van der Waals surface area contributed by atoms with E-state index in [0.717, 1.165) is 57.1 Å². The third-order valence-corrected chi connectivity index (χ3v) is 12.2. The van der Waals surface area contributed by atoms with Crippen LogP contribution in [0.15, 0.2) is 59.5 Å². The minimum atomic E-state index is -4.64. The highest BCUT2D eigenvalue weighted by Gasteiger charge is 2.42. The van der Waals surface area contributed by atoms with Crippen molar-refractivity contribution in [2.45, 2.75) is 99.7 Å². The summed E-state index contributed by atoms with van der Waals surface area (Å²) in [5.41, 5.74) is 0.598. The maximum atomic E-state index is 13.5. The normalized spacial score (nSPS) is 25.6. The van der Waals surface area contributed by atoms with Crippen molar-refractivity contribution in [1.82, 2.24) is 14.1 Å². The van der Waals surface area contributed by atoms with Crippen LogP contribution in [0.4, 0.5) is 13.2 Å². The van der Waals surface area contributed by atoms with Crippen LogP contribution in [0, 0.1) is 5.92 Å². The van der Waals surface area contributed by atoms with Crippen molar-refractivity contribution >= 4 is 15.9 Å². The van der Waals surface area contributed by atoms with Gasteiger partial charge in [-0.2, -0.15) is 17.5 Å². The summed E-state index contributed by atoms with van der Waals surface area (Å²) < 4.78 is 68.1. The summed E-state index contributed by atoms with van der Waals surface area (Å²) in [6.07, 6.45) is 6.41. The van der Waals surface area contributed by atoms with E-state index in [1.807, 2.05) is 0 Å². The Morgan fingerprint density at radius 1 is 0.932 bits per heavy atom. The van der Waals surface area contributed by atoms with Gasteiger partial charge in [-0.25, -0.2) is 8.42 Å². The molecule has 0 bridgehead atoms. The van der Waals surface area contributed by atoms with Crippen molar-refractivity contribution in [1.29, 1.82) is 0 Å². The van der Waals surface area contributed by atoms with Crippen LogP contribution in [0.5, 0.6) is 0 Å². The second-order valence-corrected chi connectivity index (χ2v) is 15.0. The first-order chi connectivity index (χ1) is 21.0. The third kappa shape index (κ3) is 7.68. The molecule has 3 fully saturated rings. The Morgan fingerprint density at radius 2 is 1.61 bits per heavy atom. The number of benzene rings is 2. The van der Waals surface area contributed by atoms with E-state index in [1.165, 1.54) is 41.9 Å². The monoisotopic (exact) mass is 633 g/mol. The van der Waals surface area contributed by atoms with Crippen LogP contribution >= 0.6 is 0 Å². The lowest BCUT2D eigenvalue weighted by atomic mass is 9.72. The minimum Gasteiger partial charge on any atom is -0.345 e. The highest BCUT2D eigenvalue weighted by atomic mass is 32.2. The van der Waals surface area contributed by atoms with Crippen LogP contribution in [0.1, 0.15) is 81.8 Å². The van der Waals surface area contributed by atoms with Crippen molar-refractivity contribution in [3.8, 4) is 0 Å². The van der Waals surface area contributed by atoms with Crippen LogP contribution in [0.25, 0.3) is 0 Å². The van der Waals surface area contributed by atoms with E-state index in [1.54, 1.807) is 11.9 Å². The van der Waals surface area contributed by atoms with Crippen molar-refractivity contribution < 1.29 is 26.4 Å². The third-order valence-electron chi connectivity index (χ3n) is 10.2. The lowest BCUT2D eigenvalue weighted by molar-refractivity contribution is -0.137. The molecule has 2 aromatic rings. The van der Waals surface area contributed by atoms with Gasteiger partial charge in [0.05, 0.1) is 10.5 Å². The molecule has 6 nitrogen and oxygen atoms in total. The van der Waals surface area contributed by atoms with Gasteiger partial charge in [0.2, 0.25) is 15.9 Å². The summed E-state index contributed by atoms with van der Waals surface area (Å²) >= 11 is 0. The molecule has 44 heavy (non-hydrogen) atoms. The molecule has 2 saturated heterocycles. The molecule has 2 heterocycles. The van der Waals surface area contributed by atoms with Gasteiger partial charge in [0.25, 0.3) is 0 Å². The number of carbonyl (C=O) groups excluding carboxylic acids is 1. The Labute approximate surface area is 260 Å². The summed E-state index contributed by atoms with van der Waals surface area (Å²) in [4.78, 5) is 17.5. The molecule has 0 spiro atoms. The fourth-order valence-corrected chi connectivity index (χ4v) is 9.38. The largest absolute Gasteiger partial charge is 0.416 e. The van der Waals surface area contributed by atoms with Gasteiger partial charge in [-0.15, -0.1) is 0 Å². The number of likely N-dealkylation sites (tertiary alicyclic amines) is 1. The van der Waals surface area contributed by atoms with Gasteiger partial charge in [0, 0.05) is 38.1 Å². The van der Waals surface area contributed by atoms with Crippen LogP contribution < -0.4 is 0 Å². The van der Waals surface area contributed by atoms with Crippen molar-refractivity contribution in [2.24, 2.45) is 5.92 Å². The number of carbonyl (C=O) groups is 1. The van der Waals surface area contributed by atoms with Gasteiger partial charge in [0.1, 0.15) is 0 Å². The number of alkyl halides is 3. The first-order valence-corrected chi connectivity index (χ1v) is 17.6. The Morgan fingerprint density at radius 3 is 2.30 bits per heavy atom. The molecule has 2 aliphatic heterocycles. The lowest BCUT2D eigenvalue weighted by Gasteiger charge is -2.47. The van der Waals surface area contributed by atoms with E-state index in [-0.39, 0.29) is 29.3 Å². The van der Waals surface area contributed by atoms with Crippen molar-refractivity contribution in [3.05, 3.63) is 65.7 Å². The molecule has 1 aliphatic carbocycles. The zero-order valence-electron chi connectivity index (χ0n) is 25.8. The summed E-state index contributed by atoms with van der Waals surface area (Å²) in [5, 5.41) is 0. The van der Waals surface area contributed by atoms with E-state index in [2.05, 4.69) is 35.2 Å². The van der Waals surface area contributed by atoms with E-state index < -0.39 is 27.8 Å². The fraction of sp³-hybridized carbons (Fsp3) is 0.618. The number of rotatable bonds is 10. The Bertz CT molecular complexity index is 1350. The molecule has 0 radical (unpaired) electrons. The zero-order valence-corrected chi connectivity index (χ0v) is 26.6. The molecular formula is C34H46F3N3O3S. The summed E-state index contributed by atoms with van der Waals surface area (Å²) in [5.74, 6) is 0.286. The quantitative estimate of drug-likeness (QED) is 0.290. The standard InChI is InChI=1S/C34H46F3N3O3S/c1-38(26-28-16-19-33(20-17-28,39-21-7-8-22-39)18-15-27-10-3-2-4-11-27)32(41)25-30-13-5-6-23-40(30)44(42,43)31-14-9-12-29(24-31)34(35,36)37/h2-4,9-12,14,24,28,30H,5-8,13,15-23,25-26H2,1H3. The average Bonchev–Trinajstić information content (AvgIpc) is 3.57. The lowest BCUT2D eigenvalue weighted by Crippen LogP contribution is -2.51. The van der Waals surface area contributed by atoms with Gasteiger partial charge in [0.15, 0.2) is 0 Å². The Kier molecular flexibility index (Phi) is 10.4. The smallest absolute Gasteiger partial charge is 0.345 e. The second kappa shape index (κ2) is 13.9. The van der Waals surface area contributed by atoms with E-state index in [0.29, 0.717) is 31.4 Å². The van der Waals surface area contributed by atoms with Crippen LogP contribution in [0.2, 0.25) is 0 Å². The molecule has 3 aliphatic rings. The van der Waals surface area contributed by atoms with E-state index in [9.17, 15) is 26.4 Å². The van der Waals surface area contributed by atoms with Crippen LogP contribution in [0.3, 0.4) is 0 Å². The van der Waals surface area contributed by atoms with E-state index >= 15 is 0 Å². The van der Waals surface area contributed by atoms with Crippen LogP contribution in [-0.4, -0.2) is 73.2 Å². The molecule has 2 aromatic carbocycles. The minimum absolute atomic E-state index is 0.0379. The van der Waals surface area contributed by atoms with Crippen LogP contribution in [-0.2, 0) is 27.4 Å². The SMILES string of the molecule is CN(CC1CCC(CCc2ccccc2)(N2CCCC2)CC1)C(=O)CC1CCCCN1S(=O)(=O)c1cccc(C(F)(F)F)c1. The molecule has 1 atom stereocenters. The molecular weight excluding hydrogens is 587 g/mol. The molecule has 1 amide bonds. The van der Waals surface area contributed by atoms with Crippen molar-refractivity contribution in [2.75, 3.05) is 33.2 Å². The number of halogens is 3. The fourth-order valence-electron chi connectivity index (χ4n) is 7.64. The molecule has 1 saturated carbocycles. The number of aryl methyl sites for hydroxylation is 1. The second-order valence-electron chi connectivity index (χ2n) is 13.1. The van der Waals surface area contributed by atoms with E-state index in [4.69, 9.17) is 0 Å². The molecule has 1 unspecified atom stereocenters. The number of piperidine rings is 1. The van der Waals surface area contributed by atoms with Gasteiger partial charge < -0.3 is 4.90 Å². The van der Waals surface area contributed by atoms with Gasteiger partial charge in [-0.05, 0) is 107 Å². The number of nitrogens with zero attached hydrogens (tertiary/aromatic N) is 3. The Hall–Kier alpha value is -2.43. The summed E-state index contributed by atoms with van der Waals surface area (Å²) in [6.45, 7) is 3.17. The molecule has 0 aromatic heterocycles. The maximum Gasteiger partial charge on any atom is 0.416 e. The summed E-state index contributed by atoms with van der Waals surface area (Å²) in [7, 11) is -2.38. The highest BCUT2D eigenvalue weighted by Crippen LogP contribution is 2.42. The summed E-state index contributed by atoms with van der Waals surface area (Å²) in [6, 6.07) is 14.0. The molecule has 5 rings (SSSR count). The first-order valence-electron chi connectivity index (χ1n) is 16.2. The number of sulfonamides is 1. The zero-order chi connectivity index (χ0) is 31.4. The Balaban J connectivity index is 1.19. The first kappa shape index (κ1) is 32.9. The number of hydrogen-bond donors (Lipinski definition) is 0. The highest BCUT2D eigenvalue weighted by molar-refractivity contribution is 7.89. The average molecular weight is 634 g/mol. The maximum absolute atomic E-state index is 13.5. The predicted molar refractivity (Wildman–Crippen MR) is 165 cm³/mol. The molecule has 10 heteroatoms. The molecule has 0 N–H and O–H groups in total.